The second-order valence-electron chi connectivity index (χ2n) is 6.67. The highest BCUT2D eigenvalue weighted by molar-refractivity contribution is 5.87. The second kappa shape index (κ2) is 11.9. The predicted molar refractivity (Wildman–Crippen MR) is 120 cm³/mol. The van der Waals surface area contributed by atoms with E-state index in [0.717, 1.165) is 23.3 Å². The molecule has 158 valence electrons. The number of benzene rings is 3. The van der Waals surface area contributed by atoms with Gasteiger partial charge in [0.1, 0.15) is 0 Å². The summed E-state index contributed by atoms with van der Waals surface area (Å²) in [4.78, 5) is 10.9. The van der Waals surface area contributed by atoms with Crippen LogP contribution in [0.4, 0.5) is 0 Å². The number of carbonyl (C=O) groups is 1. The van der Waals surface area contributed by atoms with Crippen LogP contribution in [0.1, 0.15) is 27.0 Å². The first-order valence-electron chi connectivity index (χ1n) is 9.52. The SMILES string of the molecule is COc1cc(CNCc2ccc(C(=O)O)cc2)ccc1OCCc1ccccc1.Cl. The van der Waals surface area contributed by atoms with Crippen LogP contribution < -0.4 is 14.8 Å². The van der Waals surface area contributed by atoms with Crippen LogP contribution in [0, 0.1) is 0 Å². The summed E-state index contributed by atoms with van der Waals surface area (Å²) in [5.41, 5.74) is 3.65. The minimum Gasteiger partial charge on any atom is -0.493 e. The molecule has 0 saturated heterocycles. The molecule has 0 fully saturated rings. The van der Waals surface area contributed by atoms with Gasteiger partial charge in [-0.2, -0.15) is 0 Å². The van der Waals surface area contributed by atoms with Gasteiger partial charge >= 0.3 is 5.97 Å². The summed E-state index contributed by atoms with van der Waals surface area (Å²) >= 11 is 0. The van der Waals surface area contributed by atoms with Crippen LogP contribution in [0.25, 0.3) is 0 Å². The van der Waals surface area contributed by atoms with Crippen molar-refractivity contribution >= 4 is 18.4 Å². The van der Waals surface area contributed by atoms with Crippen molar-refractivity contribution in [1.82, 2.24) is 5.32 Å². The van der Waals surface area contributed by atoms with Gasteiger partial charge in [-0.05, 0) is 41.0 Å². The van der Waals surface area contributed by atoms with E-state index in [9.17, 15) is 4.79 Å². The molecule has 0 aliphatic heterocycles. The topological polar surface area (TPSA) is 67.8 Å². The highest BCUT2D eigenvalue weighted by Crippen LogP contribution is 2.28. The summed E-state index contributed by atoms with van der Waals surface area (Å²) in [7, 11) is 1.64. The van der Waals surface area contributed by atoms with Gasteiger partial charge in [0.2, 0.25) is 0 Å². The van der Waals surface area contributed by atoms with Crippen LogP contribution in [0.2, 0.25) is 0 Å². The molecule has 3 aromatic rings. The summed E-state index contributed by atoms with van der Waals surface area (Å²) < 4.78 is 11.4. The lowest BCUT2D eigenvalue weighted by atomic mass is 10.1. The van der Waals surface area contributed by atoms with E-state index in [0.29, 0.717) is 31.0 Å². The molecule has 5 nitrogen and oxygen atoms in total. The molecule has 0 aliphatic rings. The van der Waals surface area contributed by atoms with Crippen LogP contribution >= 0.6 is 12.4 Å². The lowest BCUT2D eigenvalue weighted by molar-refractivity contribution is 0.0697. The van der Waals surface area contributed by atoms with E-state index in [4.69, 9.17) is 14.6 Å². The van der Waals surface area contributed by atoms with Crippen molar-refractivity contribution in [2.75, 3.05) is 13.7 Å². The molecule has 0 atom stereocenters. The summed E-state index contributed by atoms with van der Waals surface area (Å²) in [6, 6.07) is 23.0. The van der Waals surface area contributed by atoms with Crippen LogP contribution in [0.15, 0.2) is 72.8 Å². The maximum absolute atomic E-state index is 10.9. The molecule has 0 aromatic heterocycles. The highest BCUT2D eigenvalue weighted by Gasteiger charge is 2.07. The lowest BCUT2D eigenvalue weighted by Crippen LogP contribution is -2.13. The Morgan fingerprint density at radius 3 is 2.20 bits per heavy atom. The Hall–Kier alpha value is -3.02. The summed E-state index contributed by atoms with van der Waals surface area (Å²) in [5.74, 6) is 0.530. The Bertz CT molecular complexity index is 930. The number of aromatic carboxylic acids is 1. The van der Waals surface area contributed by atoms with Crippen molar-refractivity contribution in [2.24, 2.45) is 0 Å². The van der Waals surface area contributed by atoms with Gasteiger partial charge in [-0.15, -0.1) is 12.4 Å². The average molecular weight is 428 g/mol. The van der Waals surface area contributed by atoms with E-state index in [1.165, 1.54) is 5.56 Å². The number of carboxylic acid groups (broad SMARTS) is 1. The van der Waals surface area contributed by atoms with Crippen LogP contribution in [-0.2, 0) is 19.5 Å². The first-order valence-corrected chi connectivity index (χ1v) is 9.52. The Morgan fingerprint density at radius 1 is 0.867 bits per heavy atom. The highest BCUT2D eigenvalue weighted by atomic mass is 35.5. The fourth-order valence-corrected chi connectivity index (χ4v) is 2.98. The Kier molecular flexibility index (Phi) is 9.19. The number of nitrogens with one attached hydrogen (secondary N) is 1. The molecule has 3 rings (SSSR count). The standard InChI is InChI=1S/C24H25NO4.ClH/c1-28-23-15-20(17-25-16-19-7-10-21(11-8-19)24(26)27)9-12-22(23)29-14-13-18-5-3-2-4-6-18;/h2-12,15,25H,13-14,16-17H2,1H3,(H,26,27);1H. The first-order chi connectivity index (χ1) is 14.2. The molecule has 2 N–H and O–H groups in total. The number of rotatable bonds is 10. The smallest absolute Gasteiger partial charge is 0.335 e. The molecular formula is C24H26ClNO4. The molecular weight excluding hydrogens is 402 g/mol. The molecule has 0 amide bonds. The van der Waals surface area contributed by atoms with Gasteiger partial charge < -0.3 is 19.9 Å². The molecule has 3 aromatic carbocycles. The molecule has 0 aliphatic carbocycles. The number of carboxylic acids is 1. The van der Waals surface area contributed by atoms with Crippen molar-refractivity contribution in [3.8, 4) is 11.5 Å². The molecule has 6 heteroatoms. The first kappa shape index (κ1) is 23.3. The largest absolute Gasteiger partial charge is 0.493 e. The Morgan fingerprint density at radius 2 is 1.53 bits per heavy atom. The predicted octanol–water partition coefficient (Wildman–Crippen LogP) is 4.73. The fourth-order valence-electron chi connectivity index (χ4n) is 2.98. The third-order valence-electron chi connectivity index (χ3n) is 4.58. The molecule has 0 spiro atoms. The van der Waals surface area contributed by atoms with Gasteiger partial charge in [-0.25, -0.2) is 4.79 Å². The molecule has 0 radical (unpaired) electrons. The number of hydrogen-bond donors (Lipinski definition) is 2. The van der Waals surface area contributed by atoms with Gasteiger partial charge in [-0.1, -0.05) is 48.5 Å². The quantitative estimate of drug-likeness (QED) is 0.489. The Labute approximate surface area is 183 Å². The summed E-state index contributed by atoms with van der Waals surface area (Å²) in [5, 5.41) is 12.3. The van der Waals surface area contributed by atoms with Crippen molar-refractivity contribution in [1.29, 1.82) is 0 Å². The van der Waals surface area contributed by atoms with Crippen molar-refractivity contribution in [2.45, 2.75) is 19.5 Å². The molecule has 0 bridgehead atoms. The van der Waals surface area contributed by atoms with Crippen molar-refractivity contribution in [3.05, 3.63) is 95.1 Å². The second-order valence-corrected chi connectivity index (χ2v) is 6.67. The van der Waals surface area contributed by atoms with Crippen molar-refractivity contribution < 1.29 is 19.4 Å². The Balaban J connectivity index is 0.00000320. The number of ether oxygens (including phenoxy) is 2. The minimum atomic E-state index is -0.914. The van der Waals surface area contributed by atoms with Crippen molar-refractivity contribution in [3.63, 3.8) is 0 Å². The summed E-state index contributed by atoms with van der Waals surface area (Å²) in [6.45, 7) is 1.91. The van der Waals surface area contributed by atoms with Gasteiger partial charge in [-0.3, -0.25) is 0 Å². The monoisotopic (exact) mass is 427 g/mol. The summed E-state index contributed by atoms with van der Waals surface area (Å²) in [6.07, 6.45) is 0.841. The van der Waals surface area contributed by atoms with Crippen LogP contribution in [0.3, 0.4) is 0 Å². The minimum absolute atomic E-state index is 0. The molecule has 0 saturated carbocycles. The zero-order valence-corrected chi connectivity index (χ0v) is 17.7. The number of hydrogen-bond acceptors (Lipinski definition) is 4. The molecule has 0 heterocycles. The zero-order chi connectivity index (χ0) is 20.5. The van der Waals surface area contributed by atoms with E-state index in [1.54, 1.807) is 19.2 Å². The third kappa shape index (κ3) is 6.79. The van der Waals surface area contributed by atoms with E-state index in [2.05, 4.69) is 17.4 Å². The zero-order valence-electron chi connectivity index (χ0n) is 16.8. The molecule has 0 unspecified atom stereocenters. The third-order valence-corrected chi connectivity index (χ3v) is 4.58. The maximum Gasteiger partial charge on any atom is 0.335 e. The van der Waals surface area contributed by atoms with Gasteiger partial charge in [0, 0.05) is 19.5 Å². The van der Waals surface area contributed by atoms with E-state index < -0.39 is 5.97 Å². The fraction of sp³-hybridized carbons (Fsp3) is 0.208. The van der Waals surface area contributed by atoms with Gasteiger partial charge in [0.15, 0.2) is 11.5 Å². The van der Waals surface area contributed by atoms with Crippen LogP contribution in [0.5, 0.6) is 11.5 Å². The number of halogens is 1. The van der Waals surface area contributed by atoms with E-state index in [-0.39, 0.29) is 12.4 Å². The van der Waals surface area contributed by atoms with Gasteiger partial charge in [0.25, 0.3) is 0 Å². The van der Waals surface area contributed by atoms with E-state index >= 15 is 0 Å². The average Bonchev–Trinajstić information content (AvgIpc) is 2.75. The van der Waals surface area contributed by atoms with Crippen LogP contribution in [-0.4, -0.2) is 24.8 Å². The van der Waals surface area contributed by atoms with E-state index in [1.807, 2.05) is 48.5 Å². The normalized spacial score (nSPS) is 10.2. The van der Waals surface area contributed by atoms with Gasteiger partial charge in [0.05, 0.1) is 19.3 Å². The lowest BCUT2D eigenvalue weighted by Gasteiger charge is -2.13. The molecule has 30 heavy (non-hydrogen) atoms. The number of methoxy groups -OCH3 is 1. The maximum atomic E-state index is 10.9.